The summed E-state index contributed by atoms with van der Waals surface area (Å²) in [6.45, 7) is 1.46. The number of halogens is 2. The molecule has 0 radical (unpaired) electrons. The molecule has 2 N–H and O–H groups in total. The molecule has 0 aromatic heterocycles. The average Bonchev–Trinajstić information content (AvgIpc) is 2.64. The van der Waals surface area contributed by atoms with Gasteiger partial charge in [-0.2, -0.15) is 0 Å². The van der Waals surface area contributed by atoms with Crippen LogP contribution < -0.4 is 10.1 Å². The maximum Gasteiger partial charge on any atom is 0.267 e. The molecule has 144 valence electrons. The number of carbonyl (C=O) groups is 1. The van der Waals surface area contributed by atoms with Crippen molar-refractivity contribution in [3.8, 4) is 0 Å². The number of amides is 1. The fraction of sp³-hybridized carbons (Fsp3) is 0.278. The minimum absolute atomic E-state index is 0.0404. The highest BCUT2D eigenvalue weighted by atomic mass is 35.5. The maximum absolute atomic E-state index is 13.8. The van der Waals surface area contributed by atoms with Gasteiger partial charge in [0.2, 0.25) is 0 Å². The van der Waals surface area contributed by atoms with Crippen LogP contribution in [-0.4, -0.2) is 32.4 Å². The molecule has 1 fully saturated rings. The highest BCUT2D eigenvalue weighted by Gasteiger charge is 2.21. The third kappa shape index (κ3) is 4.77. The third-order valence-corrected chi connectivity index (χ3v) is 5.92. The van der Waals surface area contributed by atoms with Crippen LogP contribution in [0.4, 0.5) is 10.1 Å². The molecule has 27 heavy (non-hydrogen) atoms. The van der Waals surface area contributed by atoms with E-state index in [0.29, 0.717) is 0 Å². The lowest BCUT2D eigenvalue weighted by atomic mass is 10.1. The van der Waals surface area contributed by atoms with Crippen molar-refractivity contribution in [2.24, 2.45) is 0 Å². The zero-order valence-corrected chi connectivity index (χ0v) is 16.0. The van der Waals surface area contributed by atoms with Crippen molar-refractivity contribution in [3.05, 3.63) is 58.9 Å². The first-order valence-electron chi connectivity index (χ1n) is 8.50. The van der Waals surface area contributed by atoms with E-state index in [-0.39, 0.29) is 21.2 Å². The summed E-state index contributed by atoms with van der Waals surface area (Å²) in [5, 5.41) is 1.93. The first-order chi connectivity index (χ1) is 12.9. The zero-order valence-electron chi connectivity index (χ0n) is 14.4. The van der Waals surface area contributed by atoms with Gasteiger partial charge in [0, 0.05) is 13.1 Å². The van der Waals surface area contributed by atoms with Crippen LogP contribution in [-0.2, 0) is 10.0 Å². The Morgan fingerprint density at radius 2 is 1.78 bits per heavy atom. The number of para-hydroxylation sites is 1. The number of anilines is 1. The van der Waals surface area contributed by atoms with Gasteiger partial charge in [0.1, 0.15) is 5.82 Å². The molecule has 0 spiro atoms. The number of piperidine rings is 1. The number of carbonyl (C=O) groups excluding carboxylic acids is 1. The SMILES string of the molecule is O=C(NN1CCCCC1)c1cc(S(=O)(=O)Nc2ccccc2F)ccc1Cl. The van der Waals surface area contributed by atoms with E-state index in [2.05, 4.69) is 10.1 Å². The molecular weight excluding hydrogens is 393 g/mol. The fourth-order valence-corrected chi connectivity index (χ4v) is 4.10. The first-order valence-corrected chi connectivity index (χ1v) is 10.4. The second-order valence-electron chi connectivity index (χ2n) is 6.22. The minimum Gasteiger partial charge on any atom is -0.285 e. The molecule has 0 saturated carbocycles. The van der Waals surface area contributed by atoms with Gasteiger partial charge in [0.25, 0.3) is 15.9 Å². The molecule has 0 atom stereocenters. The highest BCUT2D eigenvalue weighted by molar-refractivity contribution is 7.92. The summed E-state index contributed by atoms with van der Waals surface area (Å²) >= 11 is 6.09. The highest BCUT2D eigenvalue weighted by Crippen LogP contribution is 2.24. The lowest BCUT2D eigenvalue weighted by Gasteiger charge is -2.27. The van der Waals surface area contributed by atoms with Crippen molar-refractivity contribution in [2.75, 3.05) is 17.8 Å². The predicted molar refractivity (Wildman–Crippen MR) is 102 cm³/mol. The largest absolute Gasteiger partial charge is 0.285 e. The number of rotatable bonds is 5. The smallest absolute Gasteiger partial charge is 0.267 e. The normalized spacial score (nSPS) is 15.3. The van der Waals surface area contributed by atoms with Gasteiger partial charge in [-0.15, -0.1) is 0 Å². The van der Waals surface area contributed by atoms with Crippen LogP contribution in [0.3, 0.4) is 0 Å². The van der Waals surface area contributed by atoms with Gasteiger partial charge < -0.3 is 0 Å². The topological polar surface area (TPSA) is 78.5 Å². The Bertz CT molecular complexity index is 947. The van der Waals surface area contributed by atoms with Crippen LogP contribution in [0.1, 0.15) is 29.6 Å². The Balaban J connectivity index is 1.83. The number of nitrogens with one attached hydrogen (secondary N) is 2. The molecule has 0 bridgehead atoms. The van der Waals surface area contributed by atoms with Crippen molar-refractivity contribution in [1.29, 1.82) is 0 Å². The lowest BCUT2D eigenvalue weighted by molar-refractivity contribution is 0.0750. The molecule has 9 heteroatoms. The van der Waals surface area contributed by atoms with Gasteiger partial charge in [0.15, 0.2) is 0 Å². The number of hydrogen-bond donors (Lipinski definition) is 2. The van der Waals surface area contributed by atoms with Gasteiger partial charge in [-0.3, -0.25) is 14.9 Å². The van der Waals surface area contributed by atoms with Crippen LogP contribution in [0.2, 0.25) is 5.02 Å². The van der Waals surface area contributed by atoms with E-state index in [1.807, 2.05) is 0 Å². The Labute approximate surface area is 162 Å². The van der Waals surface area contributed by atoms with Gasteiger partial charge in [-0.1, -0.05) is 30.2 Å². The molecule has 3 rings (SSSR count). The van der Waals surface area contributed by atoms with Crippen LogP contribution >= 0.6 is 11.6 Å². The van der Waals surface area contributed by atoms with Crippen molar-refractivity contribution >= 4 is 33.2 Å². The molecule has 2 aromatic carbocycles. The van der Waals surface area contributed by atoms with Crippen molar-refractivity contribution in [3.63, 3.8) is 0 Å². The Morgan fingerprint density at radius 3 is 2.48 bits per heavy atom. The van der Waals surface area contributed by atoms with Crippen molar-refractivity contribution < 1.29 is 17.6 Å². The number of benzene rings is 2. The summed E-state index contributed by atoms with van der Waals surface area (Å²) in [5.74, 6) is -1.18. The third-order valence-electron chi connectivity index (χ3n) is 4.23. The monoisotopic (exact) mass is 411 g/mol. The van der Waals surface area contributed by atoms with Crippen LogP contribution in [0.15, 0.2) is 47.4 Å². The Morgan fingerprint density at radius 1 is 1.07 bits per heavy atom. The summed E-state index contributed by atoms with van der Waals surface area (Å²) in [6, 6.07) is 9.22. The minimum atomic E-state index is -4.08. The summed E-state index contributed by atoms with van der Waals surface area (Å²) in [5.41, 5.74) is 2.61. The van der Waals surface area contributed by atoms with E-state index in [4.69, 9.17) is 11.6 Å². The molecule has 0 unspecified atom stereocenters. The molecular formula is C18H19ClFN3O3S. The van der Waals surface area contributed by atoms with Gasteiger partial charge in [-0.05, 0) is 43.2 Å². The Kier molecular flexibility index (Phi) is 5.98. The molecule has 1 aliphatic rings. The fourth-order valence-electron chi connectivity index (χ4n) is 2.80. The quantitative estimate of drug-likeness (QED) is 0.790. The first kappa shape index (κ1) is 19.6. The van der Waals surface area contributed by atoms with Crippen molar-refractivity contribution in [2.45, 2.75) is 24.2 Å². The molecule has 2 aromatic rings. The van der Waals surface area contributed by atoms with E-state index in [9.17, 15) is 17.6 Å². The second-order valence-corrected chi connectivity index (χ2v) is 8.31. The van der Waals surface area contributed by atoms with Crippen LogP contribution in [0.5, 0.6) is 0 Å². The number of hydrazine groups is 1. The lowest BCUT2D eigenvalue weighted by Crippen LogP contribution is -2.45. The molecule has 1 heterocycles. The van der Waals surface area contributed by atoms with E-state index in [1.165, 1.54) is 36.4 Å². The molecule has 1 aliphatic heterocycles. The van der Waals surface area contributed by atoms with E-state index in [0.717, 1.165) is 38.4 Å². The van der Waals surface area contributed by atoms with Crippen molar-refractivity contribution in [1.82, 2.24) is 10.4 Å². The van der Waals surface area contributed by atoms with Crippen LogP contribution in [0.25, 0.3) is 0 Å². The molecule has 1 amide bonds. The predicted octanol–water partition coefficient (Wildman–Crippen LogP) is 3.41. The number of sulfonamides is 1. The number of nitrogens with zero attached hydrogens (tertiary/aromatic N) is 1. The van der Waals surface area contributed by atoms with E-state index < -0.39 is 21.7 Å². The summed E-state index contributed by atoms with van der Waals surface area (Å²) in [7, 11) is -4.08. The number of hydrogen-bond acceptors (Lipinski definition) is 4. The Hall–Kier alpha value is -2.16. The zero-order chi connectivity index (χ0) is 19.4. The van der Waals surface area contributed by atoms with E-state index >= 15 is 0 Å². The molecule has 6 nitrogen and oxygen atoms in total. The van der Waals surface area contributed by atoms with Gasteiger partial charge >= 0.3 is 0 Å². The standard InChI is InChI=1S/C18H19ClFN3O3S/c19-15-9-8-13(27(25,26)22-17-7-3-2-6-16(17)20)12-14(15)18(24)21-23-10-4-1-5-11-23/h2-3,6-9,12,22H,1,4-5,10-11H2,(H,21,24). The van der Waals surface area contributed by atoms with Crippen LogP contribution in [0, 0.1) is 5.82 Å². The average molecular weight is 412 g/mol. The van der Waals surface area contributed by atoms with E-state index in [1.54, 1.807) is 5.01 Å². The summed E-state index contributed by atoms with van der Waals surface area (Å²) in [6.07, 6.45) is 3.08. The van der Waals surface area contributed by atoms with Gasteiger partial charge in [0.05, 0.1) is 21.2 Å². The second kappa shape index (κ2) is 8.24. The summed E-state index contributed by atoms with van der Waals surface area (Å²) < 4.78 is 41.1. The molecule has 1 saturated heterocycles. The summed E-state index contributed by atoms with van der Waals surface area (Å²) in [4.78, 5) is 12.3. The molecule has 0 aliphatic carbocycles. The maximum atomic E-state index is 13.8. The van der Waals surface area contributed by atoms with Gasteiger partial charge in [-0.25, -0.2) is 17.8 Å².